The van der Waals surface area contributed by atoms with Crippen molar-refractivity contribution in [2.75, 3.05) is 0 Å². The van der Waals surface area contributed by atoms with Crippen LogP contribution in [0.5, 0.6) is 23.0 Å². The van der Waals surface area contributed by atoms with Gasteiger partial charge in [0.15, 0.2) is 28.8 Å². The maximum Gasteiger partial charge on any atom is 0.171 e. The normalized spacial score (nSPS) is 11.5. The van der Waals surface area contributed by atoms with E-state index in [2.05, 4.69) is 353 Å². The van der Waals surface area contributed by atoms with Crippen LogP contribution in [0.3, 0.4) is 0 Å². The Hall–Kier alpha value is -12.6. The SMILES string of the molecule is Brc1ccc2c(c1)Oc1ccccc1O2.Brc1ccc2c(c1)oc1cc3ccccc3cc12.Brc1ccc2c(c1)oc1ccccc12.Brc1ccc2c(c1)sc1ccccc12.Brc1ccc2sc3ccc4ccccc4c3c2c1.Brc1ccc2sc3ccccc3c2c1.Brc1cccc2oc3ccccc3c12.Clc1ccc2c(c1)c1ccccc1n2-c1nc2ccccc2nc1-c1ccccc1. The molecule has 0 amide bonds. The van der Waals surface area contributed by atoms with Gasteiger partial charge in [0, 0.05) is 146 Å². The molecule has 0 fully saturated rings. The number of ether oxygens (including phenoxy) is 2. The first kappa shape index (κ1) is 89.6. The Morgan fingerprint density at radius 1 is 0.234 bits per heavy atom. The van der Waals surface area contributed by atoms with Crippen LogP contribution >= 0.6 is 157 Å². The smallest absolute Gasteiger partial charge is 0.171 e. The molecule has 0 atom stereocenters. The monoisotopic (exact) mass is 2290 g/mol. The molecule has 0 aliphatic carbocycles. The van der Waals surface area contributed by atoms with E-state index >= 15 is 0 Å². The van der Waals surface area contributed by atoms with Crippen LogP contribution in [0.2, 0.25) is 5.02 Å². The number of benzene rings is 20. The zero-order valence-corrected chi connectivity index (χ0v) is 86.3. The summed E-state index contributed by atoms with van der Waals surface area (Å²) in [5.41, 5.74) is 11.4. The summed E-state index contributed by atoms with van der Waals surface area (Å²) in [6, 6.07) is 143. The third kappa shape index (κ3) is 18.6. The van der Waals surface area contributed by atoms with Crippen LogP contribution < -0.4 is 9.47 Å². The van der Waals surface area contributed by atoms with Crippen molar-refractivity contribution in [1.29, 1.82) is 0 Å². The van der Waals surface area contributed by atoms with Crippen molar-refractivity contribution in [2.45, 2.75) is 0 Å². The minimum Gasteiger partial charge on any atom is -0.456 e. The molecule has 660 valence electrons. The first-order valence-electron chi connectivity index (χ1n) is 43.7. The number of para-hydroxylation sites is 7. The summed E-state index contributed by atoms with van der Waals surface area (Å²) in [6.07, 6.45) is 0. The van der Waals surface area contributed by atoms with Crippen LogP contribution in [-0.4, -0.2) is 14.5 Å². The van der Waals surface area contributed by atoms with Gasteiger partial charge in [0.05, 0.1) is 22.1 Å². The number of thiophene rings is 3. The first-order chi connectivity index (χ1) is 67.1. The maximum absolute atomic E-state index is 6.34. The lowest BCUT2D eigenvalue weighted by Crippen LogP contribution is -2.03. The summed E-state index contributed by atoms with van der Waals surface area (Å²) in [7, 11) is 0. The van der Waals surface area contributed by atoms with Gasteiger partial charge in [0.1, 0.15) is 39.2 Å². The predicted octanol–water partition coefficient (Wildman–Crippen LogP) is 41.2. The molecule has 0 spiro atoms. The molecule has 0 N–H and O–H groups in total. The molecular formula is C118H69Br7ClN3O5S3. The fourth-order valence-corrected chi connectivity index (χ4v) is 23.7. The summed E-state index contributed by atoms with van der Waals surface area (Å²) < 4.78 is 46.6. The van der Waals surface area contributed by atoms with Crippen molar-refractivity contribution in [2.24, 2.45) is 0 Å². The lowest BCUT2D eigenvalue weighted by Gasteiger charge is -2.20. The van der Waals surface area contributed by atoms with Crippen LogP contribution in [0.1, 0.15) is 0 Å². The fourth-order valence-electron chi connectivity index (χ4n) is 17.4. The number of furan rings is 3. The molecule has 8 aromatic heterocycles. The third-order valence-corrected chi connectivity index (χ3v) is 30.9. The summed E-state index contributed by atoms with van der Waals surface area (Å²) in [4.78, 5) is 10.1. The molecule has 137 heavy (non-hydrogen) atoms. The van der Waals surface area contributed by atoms with Crippen molar-refractivity contribution < 1.29 is 22.7 Å². The molecule has 0 saturated carbocycles. The minimum absolute atomic E-state index is 0.721. The number of hydrogen-bond donors (Lipinski definition) is 0. The van der Waals surface area contributed by atoms with Crippen molar-refractivity contribution in [3.63, 3.8) is 0 Å². The highest BCUT2D eigenvalue weighted by molar-refractivity contribution is 9.11. The first-order valence-corrected chi connectivity index (χ1v) is 52.1. The largest absolute Gasteiger partial charge is 0.456 e. The van der Waals surface area contributed by atoms with Gasteiger partial charge >= 0.3 is 0 Å². The average Bonchev–Trinajstić information content (AvgIpc) is 1.59. The van der Waals surface area contributed by atoms with Gasteiger partial charge in [0.2, 0.25) is 0 Å². The Kier molecular flexibility index (Phi) is 25.8. The van der Waals surface area contributed by atoms with E-state index in [0.717, 1.165) is 154 Å². The number of rotatable bonds is 2. The average molecular weight is 2300 g/mol. The lowest BCUT2D eigenvalue weighted by atomic mass is 10.0. The molecule has 9 heterocycles. The van der Waals surface area contributed by atoms with Crippen molar-refractivity contribution >= 4 is 338 Å². The Morgan fingerprint density at radius 3 is 1.40 bits per heavy atom. The number of halogens is 8. The van der Waals surface area contributed by atoms with Crippen molar-refractivity contribution in [1.82, 2.24) is 14.5 Å². The Bertz CT molecular complexity index is 9380. The molecule has 0 radical (unpaired) electrons. The van der Waals surface area contributed by atoms with Gasteiger partial charge in [-0.05, 0) is 228 Å². The van der Waals surface area contributed by atoms with Gasteiger partial charge in [0.25, 0.3) is 0 Å². The minimum atomic E-state index is 0.721. The summed E-state index contributed by atoms with van der Waals surface area (Å²) in [5.74, 6) is 3.81. The summed E-state index contributed by atoms with van der Waals surface area (Å²) in [5, 5.41) is 23.2. The van der Waals surface area contributed by atoms with Crippen LogP contribution in [0.25, 0.3) is 198 Å². The second-order valence-corrected chi connectivity index (χ2v) is 42.3. The third-order valence-electron chi connectivity index (χ3n) is 23.6. The van der Waals surface area contributed by atoms with E-state index in [9.17, 15) is 0 Å². The molecule has 19 heteroatoms. The van der Waals surface area contributed by atoms with Gasteiger partial charge < -0.3 is 22.7 Å². The number of hydrogen-bond acceptors (Lipinski definition) is 10. The van der Waals surface area contributed by atoms with Crippen LogP contribution in [-0.2, 0) is 0 Å². The second kappa shape index (κ2) is 39.5. The fraction of sp³-hybridized carbons (Fsp3) is 0. The van der Waals surface area contributed by atoms with E-state index in [1.54, 1.807) is 0 Å². The highest BCUT2D eigenvalue weighted by Crippen LogP contribution is 2.48. The van der Waals surface area contributed by atoms with Crippen molar-refractivity contribution in [3.8, 4) is 40.1 Å². The molecule has 0 saturated heterocycles. The molecule has 20 aromatic carbocycles. The number of aromatic nitrogens is 3. The van der Waals surface area contributed by atoms with Crippen molar-refractivity contribution in [3.05, 3.63) is 455 Å². The maximum atomic E-state index is 6.34. The topological polar surface area (TPSA) is 88.6 Å². The summed E-state index contributed by atoms with van der Waals surface area (Å²) >= 11 is 36.3. The lowest BCUT2D eigenvalue weighted by molar-refractivity contribution is 0.359. The van der Waals surface area contributed by atoms with Crippen LogP contribution in [0, 0.1) is 0 Å². The highest BCUT2D eigenvalue weighted by atomic mass is 79.9. The van der Waals surface area contributed by atoms with Crippen LogP contribution in [0.15, 0.2) is 463 Å². The zero-order chi connectivity index (χ0) is 92.7. The standard InChI is InChI=1S/C26H16ClN3.C16H9BrO.C16H9BrS.C12H7BrO2.2C12H7BrO.2C12H7BrS/c27-18-14-15-24-20(16-18)19-10-4-7-13-23(19)30(24)26-25(17-8-2-1-3-9-17)28-21-11-5-6-12-22(21)29-26;17-12-5-6-13-14-7-10-3-1-2-4-11(10)8-15(14)18-16(13)9-12;17-11-6-8-14-13(9-11)16-12-4-2-1-3-10(12)5-7-15(16)18-14;13-8-5-6-11-12(7-8)15-10-4-2-1-3-9(10)14-11;13-9-5-3-7-11-12(9)8-4-1-2-6-10(8)14-11;13-8-5-6-10-9-3-1-2-4-11(9)14-12(10)7-8;13-8-5-6-12-10(7-8)9-3-1-2-4-11(9)14-12;13-8-5-6-10-9-3-1-2-4-11(9)14-12(10)7-8/h1-16H;2*1-9H;1-7H;4*1-7H. The Labute approximate surface area is 860 Å². The molecule has 0 unspecified atom stereocenters. The molecule has 29 rings (SSSR count). The van der Waals surface area contributed by atoms with E-state index < -0.39 is 0 Å². The predicted molar refractivity (Wildman–Crippen MR) is 605 cm³/mol. The summed E-state index contributed by atoms with van der Waals surface area (Å²) in [6.45, 7) is 0. The second-order valence-electron chi connectivity index (χ2n) is 32.3. The molecule has 1 aliphatic heterocycles. The molecule has 28 aromatic rings. The van der Waals surface area contributed by atoms with E-state index in [1.165, 1.54) is 104 Å². The highest BCUT2D eigenvalue weighted by Gasteiger charge is 2.22. The van der Waals surface area contributed by atoms with E-state index in [0.29, 0.717) is 0 Å². The van der Waals surface area contributed by atoms with Gasteiger partial charge in [-0.3, -0.25) is 4.57 Å². The molecule has 8 nitrogen and oxygen atoms in total. The molecule has 0 bridgehead atoms. The van der Waals surface area contributed by atoms with Crippen LogP contribution in [0.4, 0.5) is 0 Å². The van der Waals surface area contributed by atoms with Gasteiger partial charge in [-0.15, -0.1) is 34.0 Å². The van der Waals surface area contributed by atoms with E-state index in [4.69, 9.17) is 44.3 Å². The van der Waals surface area contributed by atoms with E-state index in [-0.39, 0.29) is 0 Å². The Morgan fingerprint density at radius 2 is 0.679 bits per heavy atom. The Balaban J connectivity index is 0.0000000920. The molecular weight excluding hydrogens is 2230 g/mol. The van der Waals surface area contributed by atoms with Gasteiger partial charge in [-0.25, -0.2) is 9.97 Å². The quantitative estimate of drug-likeness (QED) is 0.170. The van der Waals surface area contributed by atoms with E-state index in [1.807, 2.05) is 216 Å². The molecule has 1 aliphatic rings. The number of nitrogens with zero attached hydrogens (tertiary/aromatic N) is 3. The number of fused-ring (bicyclic) bond motifs is 27. The van der Waals surface area contributed by atoms with Gasteiger partial charge in [-0.1, -0.05) is 335 Å². The zero-order valence-electron chi connectivity index (χ0n) is 72.0. The van der Waals surface area contributed by atoms with Gasteiger partial charge in [-0.2, -0.15) is 0 Å².